The van der Waals surface area contributed by atoms with Crippen LogP contribution < -0.4 is 0 Å². The first-order valence-electron chi connectivity index (χ1n) is 15.8. The molecule has 0 aromatic rings. The molecule has 0 heterocycles. The topological polar surface area (TPSA) is 0 Å². The van der Waals surface area contributed by atoms with Gasteiger partial charge in [0.2, 0.25) is 0 Å². The SMILES string of the molecule is CCCC[N+](CCCC)(CCCC)CCCCCCC[N+](CCCC)(CCCC)CCCC. The van der Waals surface area contributed by atoms with E-state index < -0.39 is 0 Å². The van der Waals surface area contributed by atoms with Crippen LogP contribution in [-0.4, -0.2) is 61.3 Å². The highest BCUT2D eigenvalue weighted by molar-refractivity contribution is 4.53. The molecule has 0 saturated heterocycles. The molecule has 0 aromatic carbocycles. The van der Waals surface area contributed by atoms with Gasteiger partial charge in [-0.05, 0) is 64.2 Å². The number of unbranched alkanes of at least 4 members (excludes halogenated alkanes) is 10. The fraction of sp³-hybridized carbons (Fsp3) is 1.00. The molecule has 33 heavy (non-hydrogen) atoms. The number of quaternary nitrogens is 2. The van der Waals surface area contributed by atoms with Gasteiger partial charge in [-0.3, -0.25) is 0 Å². The van der Waals surface area contributed by atoms with Crippen molar-refractivity contribution in [2.24, 2.45) is 0 Å². The van der Waals surface area contributed by atoms with E-state index in [4.69, 9.17) is 0 Å². The lowest BCUT2D eigenvalue weighted by Crippen LogP contribution is -2.51. The van der Waals surface area contributed by atoms with Gasteiger partial charge in [0.15, 0.2) is 0 Å². The molecule has 0 aliphatic rings. The monoisotopic (exact) mass is 469 g/mol. The summed E-state index contributed by atoms with van der Waals surface area (Å²) >= 11 is 0. The summed E-state index contributed by atoms with van der Waals surface area (Å²) in [5, 5.41) is 0. The number of hydrogen-bond donors (Lipinski definition) is 0. The van der Waals surface area contributed by atoms with Crippen molar-refractivity contribution in [2.45, 2.75) is 151 Å². The lowest BCUT2D eigenvalue weighted by molar-refractivity contribution is -0.929. The highest BCUT2D eigenvalue weighted by Gasteiger charge is 2.26. The van der Waals surface area contributed by atoms with Gasteiger partial charge in [0.25, 0.3) is 0 Å². The van der Waals surface area contributed by atoms with Gasteiger partial charge in [-0.1, -0.05) is 86.5 Å². The molecule has 0 saturated carbocycles. The van der Waals surface area contributed by atoms with Gasteiger partial charge < -0.3 is 8.97 Å². The van der Waals surface area contributed by atoms with Crippen LogP contribution in [0.4, 0.5) is 0 Å². The number of hydrogen-bond acceptors (Lipinski definition) is 0. The van der Waals surface area contributed by atoms with E-state index in [1.165, 1.54) is 170 Å². The summed E-state index contributed by atoms with van der Waals surface area (Å²) in [4.78, 5) is 0. The summed E-state index contributed by atoms with van der Waals surface area (Å²) in [6.45, 7) is 25.7. The molecule has 200 valence electrons. The molecular formula is C31H68N2+2. The van der Waals surface area contributed by atoms with Crippen LogP contribution in [0.2, 0.25) is 0 Å². The molecule has 2 nitrogen and oxygen atoms in total. The Bertz CT molecular complexity index is 313. The van der Waals surface area contributed by atoms with Gasteiger partial charge in [0.1, 0.15) is 0 Å². The third-order valence-electron chi connectivity index (χ3n) is 8.18. The molecule has 0 atom stereocenters. The van der Waals surface area contributed by atoms with Gasteiger partial charge in [0, 0.05) is 0 Å². The Labute approximate surface area is 212 Å². The van der Waals surface area contributed by atoms with E-state index in [0.29, 0.717) is 0 Å². The molecule has 0 unspecified atom stereocenters. The predicted molar refractivity (Wildman–Crippen MR) is 152 cm³/mol. The highest BCUT2D eigenvalue weighted by Crippen LogP contribution is 2.20. The van der Waals surface area contributed by atoms with Crippen LogP contribution >= 0.6 is 0 Å². The summed E-state index contributed by atoms with van der Waals surface area (Å²) in [5.74, 6) is 0. The Hall–Kier alpha value is -0.0800. The zero-order chi connectivity index (χ0) is 24.7. The average Bonchev–Trinajstić information content (AvgIpc) is 2.84. The van der Waals surface area contributed by atoms with Crippen LogP contribution in [0.3, 0.4) is 0 Å². The van der Waals surface area contributed by atoms with Gasteiger partial charge in [-0.2, -0.15) is 0 Å². The summed E-state index contributed by atoms with van der Waals surface area (Å²) in [5.41, 5.74) is 0. The maximum absolute atomic E-state index is 2.37. The molecule has 0 rings (SSSR count). The minimum absolute atomic E-state index is 1.35. The van der Waals surface area contributed by atoms with Crippen LogP contribution in [0.15, 0.2) is 0 Å². The predicted octanol–water partition coefficient (Wildman–Crippen LogP) is 9.37. The van der Waals surface area contributed by atoms with E-state index >= 15 is 0 Å². The second kappa shape index (κ2) is 22.4. The second-order valence-electron chi connectivity index (χ2n) is 11.4. The largest absolute Gasteiger partial charge is 0.324 e. The molecule has 0 aliphatic carbocycles. The van der Waals surface area contributed by atoms with Crippen molar-refractivity contribution in [2.75, 3.05) is 52.4 Å². The van der Waals surface area contributed by atoms with Gasteiger partial charge in [0.05, 0.1) is 52.4 Å². The van der Waals surface area contributed by atoms with E-state index in [1.54, 1.807) is 0 Å². The van der Waals surface area contributed by atoms with Crippen LogP contribution in [0.5, 0.6) is 0 Å². The minimum atomic E-state index is 1.35. The molecule has 0 N–H and O–H groups in total. The van der Waals surface area contributed by atoms with E-state index in [0.717, 1.165) is 0 Å². The Morgan fingerprint density at radius 2 is 0.424 bits per heavy atom. The van der Waals surface area contributed by atoms with Crippen LogP contribution in [0.1, 0.15) is 151 Å². The Morgan fingerprint density at radius 3 is 0.636 bits per heavy atom. The maximum atomic E-state index is 2.37. The highest BCUT2D eigenvalue weighted by atomic mass is 15.4. The smallest absolute Gasteiger partial charge is 0.0786 e. The van der Waals surface area contributed by atoms with Gasteiger partial charge in [-0.25, -0.2) is 0 Å². The van der Waals surface area contributed by atoms with E-state index in [2.05, 4.69) is 41.5 Å². The molecule has 0 radical (unpaired) electrons. The Morgan fingerprint density at radius 1 is 0.242 bits per heavy atom. The minimum Gasteiger partial charge on any atom is -0.324 e. The van der Waals surface area contributed by atoms with Crippen molar-refractivity contribution in [3.63, 3.8) is 0 Å². The molecule has 2 heteroatoms. The fourth-order valence-corrected chi connectivity index (χ4v) is 5.73. The number of nitrogens with zero attached hydrogens (tertiary/aromatic N) is 2. The van der Waals surface area contributed by atoms with Crippen LogP contribution in [-0.2, 0) is 0 Å². The summed E-state index contributed by atoms with van der Waals surface area (Å²) in [6.07, 6.45) is 23.9. The summed E-state index contributed by atoms with van der Waals surface area (Å²) < 4.78 is 2.86. The van der Waals surface area contributed by atoms with E-state index in [9.17, 15) is 0 Å². The van der Waals surface area contributed by atoms with Crippen molar-refractivity contribution in [3.8, 4) is 0 Å². The van der Waals surface area contributed by atoms with E-state index in [-0.39, 0.29) is 0 Å². The quantitative estimate of drug-likeness (QED) is 0.0875. The molecular weight excluding hydrogens is 400 g/mol. The lowest BCUT2D eigenvalue weighted by Gasteiger charge is -2.40. The molecule has 0 bridgehead atoms. The average molecular weight is 469 g/mol. The first-order valence-corrected chi connectivity index (χ1v) is 15.8. The van der Waals surface area contributed by atoms with Crippen LogP contribution in [0, 0.1) is 0 Å². The summed E-state index contributed by atoms with van der Waals surface area (Å²) in [6, 6.07) is 0. The zero-order valence-corrected chi connectivity index (χ0v) is 24.6. The third kappa shape index (κ3) is 16.3. The van der Waals surface area contributed by atoms with Crippen molar-refractivity contribution in [1.82, 2.24) is 0 Å². The molecule has 0 aliphatic heterocycles. The van der Waals surface area contributed by atoms with Crippen molar-refractivity contribution >= 4 is 0 Å². The Kier molecular flexibility index (Phi) is 22.3. The zero-order valence-electron chi connectivity index (χ0n) is 24.6. The first-order chi connectivity index (χ1) is 16.1. The van der Waals surface area contributed by atoms with Gasteiger partial charge >= 0.3 is 0 Å². The Balaban J connectivity index is 4.60. The fourth-order valence-electron chi connectivity index (χ4n) is 5.73. The molecule has 0 fully saturated rings. The standard InChI is InChI=1S/C31H68N2/c1-7-13-24-32(25-14-8-2,26-15-9-3)30-22-20-19-21-23-31-33(27-16-10-4,28-17-11-5)29-18-12-6/h7-31H2,1-6H3/q+2. The normalized spacial score (nSPS) is 12.5. The van der Waals surface area contributed by atoms with Crippen molar-refractivity contribution in [1.29, 1.82) is 0 Å². The molecule has 0 amide bonds. The maximum Gasteiger partial charge on any atom is 0.0786 e. The summed E-state index contributed by atoms with van der Waals surface area (Å²) in [7, 11) is 0. The van der Waals surface area contributed by atoms with Gasteiger partial charge in [-0.15, -0.1) is 0 Å². The van der Waals surface area contributed by atoms with Crippen molar-refractivity contribution < 1.29 is 8.97 Å². The second-order valence-corrected chi connectivity index (χ2v) is 11.4. The lowest BCUT2D eigenvalue weighted by atomic mass is 10.1. The number of rotatable bonds is 26. The van der Waals surface area contributed by atoms with E-state index in [1.807, 2.05) is 0 Å². The van der Waals surface area contributed by atoms with Crippen LogP contribution in [0.25, 0.3) is 0 Å². The third-order valence-corrected chi connectivity index (χ3v) is 8.18. The molecule has 0 aromatic heterocycles. The van der Waals surface area contributed by atoms with Crippen molar-refractivity contribution in [3.05, 3.63) is 0 Å². The first kappa shape index (κ1) is 32.9. The molecule has 0 spiro atoms.